The Hall–Kier alpha value is -0.330. The minimum absolute atomic E-state index is 0.0631. The van der Waals surface area contributed by atoms with Gasteiger partial charge in [0.05, 0.1) is 0 Å². The summed E-state index contributed by atoms with van der Waals surface area (Å²) in [6.45, 7) is 0.0631. The monoisotopic (exact) mass is 190 g/mol. The molecule has 0 spiro atoms. The van der Waals surface area contributed by atoms with Crippen LogP contribution in [0, 0.1) is 12.3 Å². The number of nitrogens with zero attached hydrogens (tertiary/aromatic N) is 2. The maximum atomic E-state index is 11.9. The molecule has 0 aliphatic heterocycles. The van der Waals surface area contributed by atoms with Crippen molar-refractivity contribution >= 4 is 7.67 Å². The fraction of sp³-hybridized carbons (Fsp3) is 0.714. The molecule has 0 aromatic heterocycles. The molecule has 0 rings (SSSR count). The summed E-state index contributed by atoms with van der Waals surface area (Å²) < 4.78 is 20.0. The first-order valence-corrected chi connectivity index (χ1v) is 5.02. The van der Waals surface area contributed by atoms with E-state index in [0.717, 1.165) is 0 Å². The van der Waals surface area contributed by atoms with Crippen LogP contribution in [-0.4, -0.2) is 44.1 Å². The van der Waals surface area contributed by atoms with Crippen molar-refractivity contribution in [1.82, 2.24) is 9.34 Å². The summed E-state index contributed by atoms with van der Waals surface area (Å²) in [5, 5.41) is 0. The largest absolute Gasteiger partial charge is 0.345 e. The molecule has 0 radical (unpaired) electrons. The average Bonchev–Trinajstić information content (AvgIpc) is 1.99. The summed E-state index contributed by atoms with van der Waals surface area (Å²) in [6.07, 6.45) is 5.00. The van der Waals surface area contributed by atoms with Gasteiger partial charge in [-0.2, -0.15) is 0 Å². The Labute approximate surface area is 74.1 Å². The quantitative estimate of drug-likeness (QED) is 0.486. The zero-order valence-corrected chi connectivity index (χ0v) is 8.84. The molecule has 0 aliphatic rings. The summed E-state index contributed by atoms with van der Waals surface area (Å²) in [5.41, 5.74) is 0. The lowest BCUT2D eigenvalue weighted by molar-refractivity contribution is 0.274. The molecule has 4 nitrogen and oxygen atoms in total. The van der Waals surface area contributed by atoms with E-state index in [9.17, 15) is 4.57 Å². The predicted octanol–water partition coefficient (Wildman–Crippen LogP) is 0.867. The van der Waals surface area contributed by atoms with Crippen LogP contribution in [-0.2, 0) is 9.09 Å². The minimum Gasteiger partial charge on any atom is -0.293 e. The van der Waals surface area contributed by atoms with Gasteiger partial charge in [-0.05, 0) is 28.2 Å². The van der Waals surface area contributed by atoms with Gasteiger partial charge in [-0.25, -0.2) is 9.34 Å². The van der Waals surface area contributed by atoms with Gasteiger partial charge in [0.15, 0.2) is 0 Å². The van der Waals surface area contributed by atoms with Crippen LogP contribution in [0.15, 0.2) is 0 Å². The fourth-order valence-corrected chi connectivity index (χ4v) is 2.13. The van der Waals surface area contributed by atoms with Crippen LogP contribution in [0.3, 0.4) is 0 Å². The van der Waals surface area contributed by atoms with E-state index in [2.05, 4.69) is 5.92 Å². The summed E-state index contributed by atoms with van der Waals surface area (Å²) in [4.78, 5) is 0. The molecule has 70 valence electrons. The summed E-state index contributed by atoms with van der Waals surface area (Å²) in [7, 11) is 3.91. The highest BCUT2D eigenvalue weighted by molar-refractivity contribution is 7.53. The summed E-state index contributed by atoms with van der Waals surface area (Å²) >= 11 is 0. The SMILES string of the molecule is C#CCOP(=O)(N(C)C)N(C)C. The standard InChI is InChI=1S/C7H15N2O2P/c1-6-7-11-12(10,8(2)3)9(4)5/h1H,7H2,2-5H3. The molecule has 12 heavy (non-hydrogen) atoms. The molecular weight excluding hydrogens is 175 g/mol. The Morgan fingerprint density at radius 3 is 2.00 bits per heavy atom. The van der Waals surface area contributed by atoms with Crippen molar-refractivity contribution in [3.05, 3.63) is 0 Å². The van der Waals surface area contributed by atoms with Crippen molar-refractivity contribution in [2.75, 3.05) is 34.8 Å². The van der Waals surface area contributed by atoms with E-state index in [1.807, 2.05) is 0 Å². The van der Waals surface area contributed by atoms with Crippen molar-refractivity contribution in [2.45, 2.75) is 0 Å². The van der Waals surface area contributed by atoms with Crippen LogP contribution >= 0.6 is 7.67 Å². The van der Waals surface area contributed by atoms with Gasteiger partial charge in [0.2, 0.25) is 0 Å². The molecule has 0 saturated heterocycles. The Morgan fingerprint density at radius 2 is 1.75 bits per heavy atom. The zero-order valence-electron chi connectivity index (χ0n) is 7.94. The van der Waals surface area contributed by atoms with E-state index in [4.69, 9.17) is 10.9 Å². The van der Waals surface area contributed by atoms with Gasteiger partial charge in [0, 0.05) is 0 Å². The highest BCUT2D eigenvalue weighted by Crippen LogP contribution is 2.50. The van der Waals surface area contributed by atoms with Crippen LogP contribution < -0.4 is 0 Å². The van der Waals surface area contributed by atoms with Gasteiger partial charge in [-0.1, -0.05) is 5.92 Å². The Morgan fingerprint density at radius 1 is 1.33 bits per heavy atom. The Kier molecular flexibility index (Phi) is 4.51. The third-order valence-electron chi connectivity index (χ3n) is 1.33. The summed E-state index contributed by atoms with van der Waals surface area (Å²) in [5.74, 6) is 2.29. The highest BCUT2D eigenvalue weighted by atomic mass is 31.2. The van der Waals surface area contributed by atoms with Crippen LogP contribution in [0.25, 0.3) is 0 Å². The van der Waals surface area contributed by atoms with Crippen LogP contribution in [0.2, 0.25) is 0 Å². The second-order valence-electron chi connectivity index (χ2n) is 2.66. The lowest BCUT2D eigenvalue weighted by atomic mass is 10.8. The van der Waals surface area contributed by atoms with Crippen molar-refractivity contribution in [2.24, 2.45) is 0 Å². The third kappa shape index (κ3) is 2.62. The fourth-order valence-electron chi connectivity index (χ4n) is 0.710. The molecule has 0 amide bonds. The first kappa shape index (κ1) is 11.7. The molecular formula is C7H15N2O2P. The molecule has 0 N–H and O–H groups in total. The molecule has 0 aliphatic carbocycles. The Bertz CT molecular complexity index is 208. The first-order valence-electron chi connectivity index (χ1n) is 3.48. The number of hydrogen-bond donors (Lipinski definition) is 0. The minimum atomic E-state index is -2.86. The van der Waals surface area contributed by atoms with Crippen molar-refractivity contribution in [1.29, 1.82) is 0 Å². The first-order chi connectivity index (χ1) is 5.45. The smallest absolute Gasteiger partial charge is 0.293 e. The van der Waals surface area contributed by atoms with E-state index in [1.54, 1.807) is 28.2 Å². The van der Waals surface area contributed by atoms with Crippen molar-refractivity contribution in [3.63, 3.8) is 0 Å². The molecule has 0 atom stereocenters. The molecule has 0 heterocycles. The Balaban J connectivity index is 4.44. The predicted molar refractivity (Wildman–Crippen MR) is 49.8 cm³/mol. The molecule has 0 aromatic carbocycles. The van der Waals surface area contributed by atoms with E-state index in [0.29, 0.717) is 0 Å². The van der Waals surface area contributed by atoms with Gasteiger partial charge in [0.25, 0.3) is 0 Å². The second kappa shape index (κ2) is 4.64. The molecule has 5 heteroatoms. The van der Waals surface area contributed by atoms with Gasteiger partial charge in [0.1, 0.15) is 6.61 Å². The summed E-state index contributed by atoms with van der Waals surface area (Å²) in [6, 6.07) is 0. The van der Waals surface area contributed by atoms with Crippen LogP contribution in [0.1, 0.15) is 0 Å². The maximum Gasteiger partial charge on any atom is 0.345 e. The van der Waals surface area contributed by atoms with Gasteiger partial charge in [-0.15, -0.1) is 6.42 Å². The highest BCUT2D eigenvalue weighted by Gasteiger charge is 2.28. The number of terminal acetylenes is 1. The van der Waals surface area contributed by atoms with E-state index in [1.165, 1.54) is 9.34 Å². The van der Waals surface area contributed by atoms with Gasteiger partial charge < -0.3 is 0 Å². The maximum absolute atomic E-state index is 11.9. The van der Waals surface area contributed by atoms with Crippen molar-refractivity contribution < 1.29 is 9.09 Å². The second-order valence-corrected chi connectivity index (χ2v) is 5.50. The van der Waals surface area contributed by atoms with E-state index < -0.39 is 7.67 Å². The molecule has 0 unspecified atom stereocenters. The third-order valence-corrected chi connectivity index (χ3v) is 3.81. The molecule has 0 aromatic rings. The van der Waals surface area contributed by atoms with Gasteiger partial charge in [-0.3, -0.25) is 9.09 Å². The van der Waals surface area contributed by atoms with E-state index >= 15 is 0 Å². The average molecular weight is 190 g/mol. The lowest BCUT2D eigenvalue weighted by Gasteiger charge is -2.28. The molecule has 0 bridgehead atoms. The van der Waals surface area contributed by atoms with Gasteiger partial charge >= 0.3 is 7.67 Å². The molecule has 0 saturated carbocycles. The number of rotatable bonds is 4. The molecule has 0 fully saturated rings. The normalized spacial score (nSPS) is 12.1. The lowest BCUT2D eigenvalue weighted by Crippen LogP contribution is -2.22. The van der Waals surface area contributed by atoms with Crippen LogP contribution in [0.5, 0.6) is 0 Å². The zero-order chi connectivity index (χ0) is 9.78. The van der Waals surface area contributed by atoms with Crippen LogP contribution in [0.4, 0.5) is 0 Å². The number of hydrogen-bond acceptors (Lipinski definition) is 2. The van der Waals surface area contributed by atoms with Crippen molar-refractivity contribution in [3.8, 4) is 12.3 Å². The van der Waals surface area contributed by atoms with E-state index in [-0.39, 0.29) is 6.61 Å². The topological polar surface area (TPSA) is 32.8 Å².